The number of nitrogens with one attached hydrogen (secondary N) is 1. The first-order valence-corrected chi connectivity index (χ1v) is 11.4. The van der Waals surface area contributed by atoms with Crippen molar-refractivity contribution in [1.29, 1.82) is 0 Å². The van der Waals surface area contributed by atoms with E-state index >= 15 is 0 Å². The molecule has 0 saturated heterocycles. The number of para-hydroxylation sites is 1. The second-order valence-corrected chi connectivity index (χ2v) is 8.85. The molecule has 1 aliphatic rings. The van der Waals surface area contributed by atoms with Crippen LogP contribution in [0.4, 0.5) is 0 Å². The lowest BCUT2D eigenvalue weighted by molar-refractivity contribution is -0.119. The minimum atomic E-state index is -0.573. The molecule has 0 unspecified atom stereocenters. The Labute approximate surface area is 185 Å². The minimum absolute atomic E-state index is 0.186. The van der Waals surface area contributed by atoms with Gasteiger partial charge in [0.05, 0.1) is 10.7 Å². The number of hydrogen-bond acceptors (Lipinski definition) is 7. The van der Waals surface area contributed by atoms with Gasteiger partial charge in [-0.15, -0.1) is 11.3 Å². The van der Waals surface area contributed by atoms with Crippen molar-refractivity contribution in [3.8, 4) is 5.75 Å². The molecule has 162 valence electrons. The summed E-state index contributed by atoms with van der Waals surface area (Å²) in [4.78, 5) is 21.7. The standard InChI is InChI=1S/C23H26N4O3S/c1-16-24-22(27-30-16)23(12-6-3-7-13-23)26-21(28)11-10-18-8-4-5-9-20(18)29-14-19-15-31-17(2)25-19/h4-5,8-11,15H,3,6-7,12-14H2,1-2H3,(H,26,28)/b11-10+. The van der Waals surface area contributed by atoms with Crippen molar-refractivity contribution in [2.24, 2.45) is 0 Å². The van der Waals surface area contributed by atoms with E-state index in [2.05, 4.69) is 20.4 Å². The minimum Gasteiger partial charge on any atom is -0.487 e. The quantitative estimate of drug-likeness (QED) is 0.537. The first-order valence-electron chi connectivity index (χ1n) is 10.5. The van der Waals surface area contributed by atoms with Gasteiger partial charge < -0.3 is 14.6 Å². The zero-order valence-corrected chi connectivity index (χ0v) is 18.6. The molecule has 1 N–H and O–H groups in total. The summed E-state index contributed by atoms with van der Waals surface area (Å²) in [6, 6.07) is 7.64. The van der Waals surface area contributed by atoms with Crippen LogP contribution in [0.15, 0.2) is 40.2 Å². The van der Waals surface area contributed by atoms with E-state index in [0.29, 0.717) is 24.1 Å². The fourth-order valence-electron chi connectivity index (χ4n) is 3.87. The van der Waals surface area contributed by atoms with Gasteiger partial charge in [-0.2, -0.15) is 4.98 Å². The Balaban J connectivity index is 1.46. The van der Waals surface area contributed by atoms with Gasteiger partial charge in [-0.05, 0) is 31.9 Å². The summed E-state index contributed by atoms with van der Waals surface area (Å²) in [7, 11) is 0. The van der Waals surface area contributed by atoms with Gasteiger partial charge >= 0.3 is 0 Å². The van der Waals surface area contributed by atoms with Crippen LogP contribution < -0.4 is 10.1 Å². The van der Waals surface area contributed by atoms with E-state index in [4.69, 9.17) is 9.26 Å². The monoisotopic (exact) mass is 438 g/mol. The Morgan fingerprint density at radius 3 is 2.74 bits per heavy atom. The van der Waals surface area contributed by atoms with Crippen molar-refractivity contribution in [2.45, 2.75) is 58.1 Å². The lowest BCUT2D eigenvalue weighted by Gasteiger charge is -2.34. The van der Waals surface area contributed by atoms with Crippen LogP contribution in [0.1, 0.15) is 60.1 Å². The number of carbonyl (C=O) groups excluding carboxylic acids is 1. The first-order chi connectivity index (χ1) is 15.0. The zero-order valence-electron chi connectivity index (χ0n) is 17.8. The van der Waals surface area contributed by atoms with Gasteiger partial charge in [0, 0.05) is 23.9 Å². The fraction of sp³-hybridized carbons (Fsp3) is 0.391. The number of thiazole rings is 1. The molecule has 1 aromatic carbocycles. The van der Waals surface area contributed by atoms with E-state index in [0.717, 1.165) is 48.4 Å². The summed E-state index contributed by atoms with van der Waals surface area (Å²) >= 11 is 1.60. The summed E-state index contributed by atoms with van der Waals surface area (Å²) in [6.07, 6.45) is 8.10. The van der Waals surface area contributed by atoms with Gasteiger partial charge in [-0.1, -0.05) is 42.6 Å². The van der Waals surface area contributed by atoms with Crippen molar-refractivity contribution in [2.75, 3.05) is 0 Å². The van der Waals surface area contributed by atoms with Gasteiger partial charge in [-0.3, -0.25) is 4.79 Å². The number of benzene rings is 1. The molecule has 2 aromatic heterocycles. The molecule has 0 radical (unpaired) electrons. The predicted molar refractivity (Wildman–Crippen MR) is 119 cm³/mol. The van der Waals surface area contributed by atoms with Crippen LogP contribution in [0.2, 0.25) is 0 Å². The third-order valence-corrected chi connectivity index (χ3v) is 6.22. The van der Waals surface area contributed by atoms with Crippen molar-refractivity contribution < 1.29 is 14.1 Å². The van der Waals surface area contributed by atoms with Crippen LogP contribution >= 0.6 is 11.3 Å². The number of ether oxygens (including phenoxy) is 1. The molecule has 1 aliphatic carbocycles. The van der Waals surface area contributed by atoms with Gasteiger partial charge in [0.25, 0.3) is 0 Å². The molecular formula is C23H26N4O3S. The average molecular weight is 439 g/mol. The molecular weight excluding hydrogens is 412 g/mol. The third kappa shape index (κ3) is 5.19. The topological polar surface area (TPSA) is 90.1 Å². The summed E-state index contributed by atoms with van der Waals surface area (Å²) in [5, 5.41) is 10.3. The second kappa shape index (κ2) is 9.43. The molecule has 0 aliphatic heterocycles. The van der Waals surface area contributed by atoms with E-state index in [1.54, 1.807) is 30.4 Å². The van der Waals surface area contributed by atoms with E-state index in [1.807, 2.05) is 36.6 Å². The van der Waals surface area contributed by atoms with Crippen LogP contribution in [0.3, 0.4) is 0 Å². The molecule has 3 aromatic rings. The molecule has 0 bridgehead atoms. The lowest BCUT2D eigenvalue weighted by atomic mass is 9.81. The van der Waals surface area contributed by atoms with Crippen molar-refractivity contribution >= 4 is 23.3 Å². The molecule has 1 amide bonds. The van der Waals surface area contributed by atoms with Gasteiger partial charge in [0.2, 0.25) is 11.8 Å². The van der Waals surface area contributed by atoms with Crippen LogP contribution in [0.25, 0.3) is 6.08 Å². The number of aromatic nitrogens is 3. The van der Waals surface area contributed by atoms with Crippen LogP contribution in [0, 0.1) is 13.8 Å². The second-order valence-electron chi connectivity index (χ2n) is 7.79. The molecule has 0 atom stereocenters. The zero-order chi connectivity index (χ0) is 21.7. The van der Waals surface area contributed by atoms with Gasteiger partial charge in [0.15, 0.2) is 5.82 Å². The van der Waals surface area contributed by atoms with Gasteiger partial charge in [0.1, 0.15) is 17.9 Å². The fourth-order valence-corrected chi connectivity index (χ4v) is 4.47. The van der Waals surface area contributed by atoms with Crippen LogP contribution in [-0.2, 0) is 16.9 Å². The summed E-state index contributed by atoms with van der Waals surface area (Å²) in [5.74, 6) is 1.59. The number of carbonyl (C=O) groups is 1. The molecule has 0 spiro atoms. The smallest absolute Gasteiger partial charge is 0.244 e. The number of nitrogens with zero attached hydrogens (tertiary/aromatic N) is 3. The molecule has 8 heteroatoms. The maximum Gasteiger partial charge on any atom is 0.244 e. The Hall–Kier alpha value is -3.00. The highest BCUT2D eigenvalue weighted by Gasteiger charge is 2.39. The maximum atomic E-state index is 12.8. The molecule has 4 rings (SSSR count). The number of rotatable bonds is 7. The highest BCUT2D eigenvalue weighted by atomic mass is 32.1. The number of hydrogen-bond donors (Lipinski definition) is 1. The molecule has 7 nitrogen and oxygen atoms in total. The largest absolute Gasteiger partial charge is 0.487 e. The SMILES string of the molecule is Cc1nc(C2(NC(=O)/C=C/c3ccccc3OCc3csc(C)n3)CCCCC2)no1. The van der Waals surface area contributed by atoms with Crippen molar-refractivity contribution in [1.82, 2.24) is 20.4 Å². The Bertz CT molecular complexity index is 1070. The molecule has 1 fully saturated rings. The molecule has 2 heterocycles. The summed E-state index contributed by atoms with van der Waals surface area (Å²) < 4.78 is 11.1. The molecule has 31 heavy (non-hydrogen) atoms. The third-order valence-electron chi connectivity index (χ3n) is 5.40. The molecule has 1 saturated carbocycles. The number of aryl methyl sites for hydroxylation is 2. The van der Waals surface area contributed by atoms with Crippen molar-refractivity contribution in [3.63, 3.8) is 0 Å². The van der Waals surface area contributed by atoms with E-state index < -0.39 is 5.54 Å². The van der Waals surface area contributed by atoms with Crippen molar-refractivity contribution in [3.05, 3.63) is 63.7 Å². The number of amides is 1. The maximum absolute atomic E-state index is 12.8. The van der Waals surface area contributed by atoms with Crippen LogP contribution in [-0.4, -0.2) is 21.0 Å². The summed E-state index contributed by atoms with van der Waals surface area (Å²) in [5.41, 5.74) is 1.15. The lowest BCUT2D eigenvalue weighted by Crippen LogP contribution is -2.47. The van der Waals surface area contributed by atoms with Gasteiger partial charge in [-0.25, -0.2) is 4.98 Å². The van der Waals surface area contributed by atoms with E-state index in [9.17, 15) is 4.79 Å². The van der Waals surface area contributed by atoms with E-state index in [1.165, 1.54) is 0 Å². The Morgan fingerprint density at radius 1 is 1.23 bits per heavy atom. The first kappa shape index (κ1) is 21.2. The van der Waals surface area contributed by atoms with Crippen LogP contribution in [0.5, 0.6) is 5.75 Å². The highest BCUT2D eigenvalue weighted by Crippen LogP contribution is 2.35. The highest BCUT2D eigenvalue weighted by molar-refractivity contribution is 7.09. The predicted octanol–water partition coefficient (Wildman–Crippen LogP) is 4.71. The summed E-state index contributed by atoms with van der Waals surface area (Å²) in [6.45, 7) is 4.12. The average Bonchev–Trinajstić information content (AvgIpc) is 3.40. The normalized spacial score (nSPS) is 15.8. The van der Waals surface area contributed by atoms with E-state index in [-0.39, 0.29) is 5.91 Å². The Kier molecular flexibility index (Phi) is 6.46. The Morgan fingerprint density at radius 2 is 2.03 bits per heavy atom.